The zero-order valence-electron chi connectivity index (χ0n) is 10.2. The zero-order valence-corrected chi connectivity index (χ0v) is 11.8. The molecule has 5 heteroatoms. The lowest BCUT2D eigenvalue weighted by Gasteiger charge is -2.32. The minimum atomic E-state index is -4.32. The molecule has 1 aromatic carbocycles. The molecule has 0 saturated carbocycles. The van der Waals surface area contributed by atoms with Gasteiger partial charge in [-0.3, -0.25) is 0 Å². The summed E-state index contributed by atoms with van der Waals surface area (Å²) in [5.41, 5.74) is 0.432. The second-order valence-corrected chi connectivity index (χ2v) is 5.93. The van der Waals surface area contributed by atoms with E-state index in [1.54, 1.807) is 6.07 Å². The summed E-state index contributed by atoms with van der Waals surface area (Å²) in [6.07, 6.45) is -2.76. The van der Waals surface area contributed by atoms with Crippen LogP contribution in [-0.2, 0) is 12.6 Å². The van der Waals surface area contributed by atoms with Crippen LogP contribution in [0.2, 0.25) is 0 Å². The topological polar surface area (TPSA) is 12.0 Å². The van der Waals surface area contributed by atoms with E-state index in [2.05, 4.69) is 21.2 Å². The molecule has 1 atom stereocenters. The third-order valence-electron chi connectivity index (χ3n) is 3.35. The summed E-state index contributed by atoms with van der Waals surface area (Å²) >= 11 is 3.15. The minimum absolute atomic E-state index is 0.111. The van der Waals surface area contributed by atoms with Gasteiger partial charge >= 0.3 is 6.18 Å². The molecule has 0 amide bonds. The van der Waals surface area contributed by atoms with E-state index >= 15 is 0 Å². The van der Waals surface area contributed by atoms with Gasteiger partial charge in [0.1, 0.15) is 0 Å². The van der Waals surface area contributed by atoms with Crippen LogP contribution in [0.4, 0.5) is 18.9 Å². The molecule has 0 saturated heterocycles. The molecule has 1 aromatic rings. The molecule has 1 aliphatic heterocycles. The Balaban J connectivity index is 2.47. The summed E-state index contributed by atoms with van der Waals surface area (Å²) in [4.78, 5) is 0. The Bertz CT molecular complexity index is 454. The first-order chi connectivity index (χ1) is 8.29. The molecular formula is C13H15BrF3N. The molecule has 1 unspecified atom stereocenters. The van der Waals surface area contributed by atoms with Gasteiger partial charge in [-0.2, -0.15) is 13.2 Å². The van der Waals surface area contributed by atoms with Crippen LogP contribution >= 0.6 is 15.9 Å². The molecule has 1 N–H and O–H groups in total. The molecule has 0 fully saturated rings. The highest BCUT2D eigenvalue weighted by Crippen LogP contribution is 2.41. The van der Waals surface area contributed by atoms with Crippen molar-refractivity contribution < 1.29 is 13.2 Å². The SMILES string of the molecule is CC(C)C1CCc2cc(Br)cc(C(F)(F)F)c2N1. The highest BCUT2D eigenvalue weighted by atomic mass is 79.9. The highest BCUT2D eigenvalue weighted by Gasteiger charge is 2.36. The predicted molar refractivity (Wildman–Crippen MR) is 69.7 cm³/mol. The van der Waals surface area contributed by atoms with Gasteiger partial charge in [0.15, 0.2) is 0 Å². The summed E-state index contributed by atoms with van der Waals surface area (Å²) in [6, 6.07) is 3.03. The van der Waals surface area contributed by atoms with Crippen molar-refractivity contribution in [2.45, 2.75) is 38.9 Å². The summed E-state index contributed by atoms with van der Waals surface area (Å²) in [7, 11) is 0. The molecule has 0 spiro atoms. The number of nitrogens with one attached hydrogen (secondary N) is 1. The van der Waals surface area contributed by atoms with E-state index < -0.39 is 11.7 Å². The first-order valence-electron chi connectivity index (χ1n) is 5.95. The fourth-order valence-electron chi connectivity index (χ4n) is 2.32. The second kappa shape index (κ2) is 4.76. The molecule has 0 radical (unpaired) electrons. The first kappa shape index (κ1) is 13.7. The van der Waals surface area contributed by atoms with E-state index in [4.69, 9.17) is 0 Å². The first-order valence-corrected chi connectivity index (χ1v) is 6.74. The van der Waals surface area contributed by atoms with Gasteiger partial charge in [-0.25, -0.2) is 0 Å². The van der Waals surface area contributed by atoms with Gasteiger partial charge < -0.3 is 5.32 Å². The standard InChI is InChI=1S/C13H15BrF3N/c1-7(2)11-4-3-8-5-9(14)6-10(12(8)18-11)13(15,16)17/h5-7,11,18H,3-4H2,1-2H3. The molecule has 18 heavy (non-hydrogen) atoms. The van der Waals surface area contributed by atoms with Crippen molar-refractivity contribution in [1.82, 2.24) is 0 Å². The van der Waals surface area contributed by atoms with E-state index in [0.29, 0.717) is 16.8 Å². The average Bonchev–Trinajstić information content (AvgIpc) is 2.25. The van der Waals surface area contributed by atoms with Crippen LogP contribution in [0.5, 0.6) is 0 Å². The van der Waals surface area contributed by atoms with E-state index in [1.807, 2.05) is 13.8 Å². The monoisotopic (exact) mass is 321 g/mol. The summed E-state index contributed by atoms with van der Waals surface area (Å²) < 4.78 is 39.6. The van der Waals surface area contributed by atoms with Crippen molar-refractivity contribution in [2.24, 2.45) is 5.92 Å². The molecular weight excluding hydrogens is 307 g/mol. The van der Waals surface area contributed by atoms with Crippen LogP contribution in [0.25, 0.3) is 0 Å². The number of rotatable bonds is 1. The Morgan fingerprint density at radius 2 is 2.00 bits per heavy atom. The third-order valence-corrected chi connectivity index (χ3v) is 3.81. The number of alkyl halides is 3. The van der Waals surface area contributed by atoms with Crippen molar-refractivity contribution >= 4 is 21.6 Å². The van der Waals surface area contributed by atoms with Crippen molar-refractivity contribution in [3.8, 4) is 0 Å². The van der Waals surface area contributed by atoms with Crippen LogP contribution < -0.4 is 5.32 Å². The smallest absolute Gasteiger partial charge is 0.381 e. The number of anilines is 1. The van der Waals surface area contributed by atoms with Gasteiger partial charge in [0.2, 0.25) is 0 Å². The van der Waals surface area contributed by atoms with Gasteiger partial charge in [-0.15, -0.1) is 0 Å². The summed E-state index contributed by atoms with van der Waals surface area (Å²) in [5.74, 6) is 0.322. The maximum atomic E-state index is 13.0. The van der Waals surface area contributed by atoms with Gasteiger partial charge in [0.05, 0.1) is 5.56 Å². The third kappa shape index (κ3) is 2.66. The van der Waals surface area contributed by atoms with Crippen LogP contribution in [0.3, 0.4) is 0 Å². The Labute approximate surface area is 113 Å². The number of halogens is 4. The van der Waals surface area contributed by atoms with Crippen molar-refractivity contribution in [3.05, 3.63) is 27.7 Å². The fourth-order valence-corrected chi connectivity index (χ4v) is 2.83. The lowest BCUT2D eigenvalue weighted by molar-refractivity contribution is -0.137. The van der Waals surface area contributed by atoms with Crippen molar-refractivity contribution in [1.29, 1.82) is 0 Å². The Hall–Kier alpha value is -0.710. The maximum absolute atomic E-state index is 13.0. The summed E-state index contributed by atoms with van der Waals surface area (Å²) in [5, 5.41) is 3.06. The molecule has 1 heterocycles. The molecule has 2 rings (SSSR count). The lowest BCUT2D eigenvalue weighted by atomic mass is 9.90. The lowest BCUT2D eigenvalue weighted by Crippen LogP contribution is -2.31. The van der Waals surface area contributed by atoms with Crippen molar-refractivity contribution in [2.75, 3.05) is 5.32 Å². The molecule has 0 aromatic heterocycles. The van der Waals surface area contributed by atoms with Crippen LogP contribution in [-0.4, -0.2) is 6.04 Å². The molecule has 0 bridgehead atoms. The number of aryl methyl sites for hydroxylation is 1. The van der Waals surface area contributed by atoms with E-state index in [-0.39, 0.29) is 11.7 Å². The van der Waals surface area contributed by atoms with Crippen molar-refractivity contribution in [3.63, 3.8) is 0 Å². The van der Waals surface area contributed by atoms with Gasteiger partial charge in [-0.1, -0.05) is 29.8 Å². The predicted octanol–water partition coefficient (Wildman–Crippen LogP) is 4.85. The van der Waals surface area contributed by atoms with Gasteiger partial charge in [-0.05, 0) is 36.5 Å². The van der Waals surface area contributed by atoms with Crippen LogP contribution in [0.15, 0.2) is 16.6 Å². The molecule has 0 aliphatic carbocycles. The van der Waals surface area contributed by atoms with Crippen LogP contribution in [0, 0.1) is 5.92 Å². The Morgan fingerprint density at radius 3 is 2.56 bits per heavy atom. The number of hydrogen-bond acceptors (Lipinski definition) is 1. The molecule has 1 aliphatic rings. The zero-order chi connectivity index (χ0) is 13.5. The minimum Gasteiger partial charge on any atom is -0.381 e. The van der Waals surface area contributed by atoms with E-state index in [9.17, 15) is 13.2 Å². The molecule has 1 nitrogen and oxygen atoms in total. The second-order valence-electron chi connectivity index (χ2n) is 5.02. The Kier molecular flexibility index (Phi) is 3.63. The van der Waals surface area contributed by atoms with Gasteiger partial charge in [0.25, 0.3) is 0 Å². The number of hydrogen-bond donors (Lipinski definition) is 1. The largest absolute Gasteiger partial charge is 0.418 e. The van der Waals surface area contributed by atoms with E-state index in [1.165, 1.54) is 0 Å². The number of benzene rings is 1. The average molecular weight is 322 g/mol. The van der Waals surface area contributed by atoms with Crippen LogP contribution in [0.1, 0.15) is 31.4 Å². The summed E-state index contributed by atoms with van der Waals surface area (Å²) in [6.45, 7) is 4.05. The number of fused-ring (bicyclic) bond motifs is 1. The van der Waals surface area contributed by atoms with Gasteiger partial charge in [0, 0.05) is 16.2 Å². The Morgan fingerprint density at radius 1 is 1.33 bits per heavy atom. The van der Waals surface area contributed by atoms with E-state index in [0.717, 1.165) is 18.1 Å². The maximum Gasteiger partial charge on any atom is 0.418 e. The highest BCUT2D eigenvalue weighted by molar-refractivity contribution is 9.10. The molecule has 100 valence electrons. The fraction of sp³-hybridized carbons (Fsp3) is 0.538. The quantitative estimate of drug-likeness (QED) is 0.779. The normalized spacial score (nSPS) is 19.6.